The molecule has 0 aliphatic heterocycles. The number of fused-ring (bicyclic) bond motifs is 1. The van der Waals surface area contributed by atoms with Gasteiger partial charge in [0.05, 0.1) is 12.2 Å². The van der Waals surface area contributed by atoms with Crippen molar-refractivity contribution < 1.29 is 22.7 Å². The van der Waals surface area contributed by atoms with E-state index in [1.165, 1.54) is 6.07 Å². The zero-order valence-electron chi connectivity index (χ0n) is 16.4. The van der Waals surface area contributed by atoms with Crippen LogP contribution in [-0.2, 0) is 17.5 Å². The van der Waals surface area contributed by atoms with Gasteiger partial charge in [-0.3, -0.25) is 0 Å². The second kappa shape index (κ2) is 8.53. The summed E-state index contributed by atoms with van der Waals surface area (Å²) in [4.78, 5) is 13.6. The molecule has 0 amide bonds. The van der Waals surface area contributed by atoms with E-state index in [0.29, 0.717) is 16.5 Å². The molecule has 7 heteroatoms. The van der Waals surface area contributed by atoms with Crippen molar-refractivity contribution in [3.8, 4) is 0 Å². The van der Waals surface area contributed by atoms with Crippen LogP contribution in [0.25, 0.3) is 10.9 Å². The summed E-state index contributed by atoms with van der Waals surface area (Å²) in [5, 5.41) is 1.26. The lowest BCUT2D eigenvalue weighted by Crippen LogP contribution is -2.13. The summed E-state index contributed by atoms with van der Waals surface area (Å²) in [5.41, 5.74) is 0.854. The number of halogens is 3. The Morgan fingerprint density at radius 2 is 1.90 bits per heavy atom. The molecular formula is C22H22F3NO2S. The number of carbonyl (C=O) groups excluding carboxylic acids is 1. The first-order chi connectivity index (χ1) is 13.7. The van der Waals surface area contributed by atoms with E-state index < -0.39 is 17.7 Å². The van der Waals surface area contributed by atoms with Crippen molar-refractivity contribution in [1.82, 2.24) is 4.57 Å². The SMILES string of the molecule is CCOC(=O)c1cc2cc(SC(C)C)ccc2n1Cc1cccc(C(F)(F)F)c1. The Morgan fingerprint density at radius 1 is 1.14 bits per heavy atom. The first-order valence-electron chi connectivity index (χ1n) is 9.32. The van der Waals surface area contributed by atoms with Gasteiger partial charge in [0.2, 0.25) is 0 Å². The number of hydrogen-bond acceptors (Lipinski definition) is 3. The summed E-state index contributed by atoms with van der Waals surface area (Å²) >= 11 is 1.71. The summed E-state index contributed by atoms with van der Waals surface area (Å²) in [6.07, 6.45) is -4.41. The molecule has 3 nitrogen and oxygen atoms in total. The van der Waals surface area contributed by atoms with Crippen LogP contribution in [0.3, 0.4) is 0 Å². The Kier molecular flexibility index (Phi) is 6.27. The summed E-state index contributed by atoms with van der Waals surface area (Å²) in [6.45, 7) is 6.27. The number of hydrogen-bond donors (Lipinski definition) is 0. The van der Waals surface area contributed by atoms with Crippen LogP contribution in [0.2, 0.25) is 0 Å². The zero-order chi connectivity index (χ0) is 21.2. The number of alkyl halides is 3. The molecule has 1 heterocycles. The maximum absolute atomic E-state index is 13.1. The van der Waals surface area contributed by atoms with Gasteiger partial charge in [0.1, 0.15) is 5.69 Å². The number of ether oxygens (including phenoxy) is 1. The van der Waals surface area contributed by atoms with Crippen LogP contribution in [0.1, 0.15) is 42.4 Å². The Balaban J connectivity index is 2.07. The van der Waals surface area contributed by atoms with Crippen molar-refractivity contribution >= 4 is 28.6 Å². The van der Waals surface area contributed by atoms with Gasteiger partial charge >= 0.3 is 12.1 Å². The second-order valence-electron chi connectivity index (χ2n) is 6.92. The highest BCUT2D eigenvalue weighted by Gasteiger charge is 2.30. The van der Waals surface area contributed by atoms with Crippen molar-refractivity contribution in [3.05, 3.63) is 65.4 Å². The molecule has 3 aromatic rings. The Bertz CT molecular complexity index is 1020. The van der Waals surface area contributed by atoms with E-state index in [1.807, 2.05) is 18.2 Å². The second-order valence-corrected chi connectivity index (χ2v) is 8.57. The van der Waals surface area contributed by atoms with E-state index in [2.05, 4.69) is 13.8 Å². The van der Waals surface area contributed by atoms with Crippen molar-refractivity contribution in [2.75, 3.05) is 6.61 Å². The minimum atomic E-state index is -4.41. The van der Waals surface area contributed by atoms with Gasteiger partial charge in [-0.15, -0.1) is 11.8 Å². The summed E-state index contributed by atoms with van der Waals surface area (Å²) < 4.78 is 46.1. The Hall–Kier alpha value is -2.41. The first kappa shape index (κ1) is 21.3. The minimum Gasteiger partial charge on any atom is -0.461 e. The van der Waals surface area contributed by atoms with E-state index in [4.69, 9.17) is 4.74 Å². The van der Waals surface area contributed by atoms with Gasteiger partial charge in [-0.2, -0.15) is 13.2 Å². The van der Waals surface area contributed by atoms with Gasteiger partial charge < -0.3 is 9.30 Å². The highest BCUT2D eigenvalue weighted by Crippen LogP contribution is 2.32. The lowest BCUT2D eigenvalue weighted by molar-refractivity contribution is -0.137. The fraction of sp³-hybridized carbons (Fsp3) is 0.318. The number of aromatic nitrogens is 1. The molecule has 29 heavy (non-hydrogen) atoms. The highest BCUT2D eigenvalue weighted by atomic mass is 32.2. The van der Waals surface area contributed by atoms with Crippen molar-refractivity contribution in [1.29, 1.82) is 0 Å². The molecule has 0 spiro atoms. The molecule has 3 rings (SSSR count). The van der Waals surface area contributed by atoms with Gasteiger partial charge in [-0.05, 0) is 48.9 Å². The number of carbonyl (C=O) groups is 1. The molecule has 0 fully saturated rings. The smallest absolute Gasteiger partial charge is 0.416 e. The Morgan fingerprint density at radius 3 is 2.55 bits per heavy atom. The fourth-order valence-corrected chi connectivity index (χ4v) is 4.05. The summed E-state index contributed by atoms with van der Waals surface area (Å²) in [5.74, 6) is -0.492. The van der Waals surface area contributed by atoms with Gasteiger partial charge in [-0.25, -0.2) is 4.79 Å². The van der Waals surface area contributed by atoms with Crippen LogP contribution >= 0.6 is 11.8 Å². The standard InChI is InChI=1S/C22H22F3NO2S/c1-4-28-21(27)20-12-16-11-18(29-14(2)3)8-9-19(16)26(20)13-15-6-5-7-17(10-15)22(23,24)25/h5-12,14H,4,13H2,1-3H3. The molecule has 0 saturated heterocycles. The van der Waals surface area contributed by atoms with Crippen molar-refractivity contribution in [3.63, 3.8) is 0 Å². The van der Waals surface area contributed by atoms with E-state index in [0.717, 1.165) is 27.9 Å². The van der Waals surface area contributed by atoms with Crippen LogP contribution in [0, 0.1) is 0 Å². The van der Waals surface area contributed by atoms with Crippen LogP contribution in [-0.4, -0.2) is 22.4 Å². The van der Waals surface area contributed by atoms with Crippen molar-refractivity contribution in [2.45, 2.75) is 43.6 Å². The van der Waals surface area contributed by atoms with Crippen molar-refractivity contribution in [2.24, 2.45) is 0 Å². The van der Waals surface area contributed by atoms with E-state index in [1.54, 1.807) is 35.4 Å². The molecule has 0 atom stereocenters. The maximum Gasteiger partial charge on any atom is 0.416 e. The predicted molar refractivity (Wildman–Crippen MR) is 109 cm³/mol. The Labute approximate surface area is 171 Å². The van der Waals surface area contributed by atoms with Crippen LogP contribution in [0.4, 0.5) is 13.2 Å². The van der Waals surface area contributed by atoms with Crippen LogP contribution in [0.15, 0.2) is 53.4 Å². The van der Waals surface area contributed by atoms with Gasteiger partial charge in [0.15, 0.2) is 0 Å². The topological polar surface area (TPSA) is 31.2 Å². The van der Waals surface area contributed by atoms with E-state index >= 15 is 0 Å². The number of thioether (sulfide) groups is 1. The van der Waals surface area contributed by atoms with Crippen LogP contribution in [0.5, 0.6) is 0 Å². The van der Waals surface area contributed by atoms with Gasteiger partial charge in [0, 0.05) is 27.6 Å². The lowest BCUT2D eigenvalue weighted by Gasteiger charge is -2.13. The molecule has 0 aliphatic carbocycles. The molecule has 0 bridgehead atoms. The minimum absolute atomic E-state index is 0.137. The monoisotopic (exact) mass is 421 g/mol. The molecular weight excluding hydrogens is 399 g/mol. The molecule has 0 saturated carbocycles. The summed E-state index contributed by atoms with van der Waals surface area (Å²) in [6, 6.07) is 12.8. The number of benzene rings is 2. The predicted octanol–water partition coefficient (Wildman–Crippen LogP) is 6.39. The summed E-state index contributed by atoms with van der Waals surface area (Å²) in [7, 11) is 0. The van der Waals surface area contributed by atoms with Gasteiger partial charge in [0.25, 0.3) is 0 Å². The highest BCUT2D eigenvalue weighted by molar-refractivity contribution is 7.99. The first-order valence-corrected chi connectivity index (χ1v) is 10.2. The molecule has 1 aromatic heterocycles. The molecule has 0 radical (unpaired) electrons. The van der Waals surface area contributed by atoms with E-state index in [-0.39, 0.29) is 13.2 Å². The quantitative estimate of drug-likeness (QED) is 0.342. The van der Waals surface area contributed by atoms with E-state index in [9.17, 15) is 18.0 Å². The molecule has 0 unspecified atom stereocenters. The third-order valence-corrected chi connectivity index (χ3v) is 5.32. The normalized spacial score (nSPS) is 12.0. The maximum atomic E-state index is 13.1. The fourth-order valence-electron chi connectivity index (χ4n) is 3.17. The van der Waals surface area contributed by atoms with Crippen LogP contribution < -0.4 is 0 Å². The lowest BCUT2D eigenvalue weighted by atomic mass is 10.1. The molecule has 0 N–H and O–H groups in total. The zero-order valence-corrected chi connectivity index (χ0v) is 17.2. The molecule has 2 aromatic carbocycles. The molecule has 0 aliphatic rings. The number of rotatable bonds is 6. The van der Waals surface area contributed by atoms with Gasteiger partial charge in [-0.1, -0.05) is 26.0 Å². The molecule has 154 valence electrons. The average molecular weight is 421 g/mol. The third kappa shape index (κ3) is 4.96. The number of esters is 1. The number of nitrogens with zero attached hydrogens (tertiary/aromatic N) is 1. The third-order valence-electron chi connectivity index (χ3n) is 4.32. The average Bonchev–Trinajstić information content (AvgIpc) is 2.99. The largest absolute Gasteiger partial charge is 0.461 e.